The van der Waals surface area contributed by atoms with Crippen LogP contribution in [0.1, 0.15) is 25.7 Å². The average Bonchev–Trinajstić information content (AvgIpc) is 3.24. The van der Waals surface area contributed by atoms with E-state index in [1.807, 2.05) is 6.07 Å². The van der Waals surface area contributed by atoms with Crippen molar-refractivity contribution in [3.05, 3.63) is 88.0 Å². The van der Waals surface area contributed by atoms with Crippen molar-refractivity contribution in [2.75, 3.05) is 25.0 Å². The number of halogens is 1. The highest BCUT2D eigenvalue weighted by molar-refractivity contribution is 7.89. The van der Waals surface area contributed by atoms with Crippen LogP contribution in [-0.2, 0) is 14.8 Å². The second-order valence-electron chi connectivity index (χ2n) is 9.28. The van der Waals surface area contributed by atoms with E-state index in [0.29, 0.717) is 34.9 Å². The maximum absolute atomic E-state index is 13.3. The van der Waals surface area contributed by atoms with Crippen molar-refractivity contribution in [1.29, 1.82) is 0 Å². The van der Waals surface area contributed by atoms with Gasteiger partial charge in [0.25, 0.3) is 5.91 Å². The minimum atomic E-state index is -3.59. The Morgan fingerprint density at radius 3 is 2.33 bits per heavy atom. The molecule has 0 saturated carbocycles. The zero-order chi connectivity index (χ0) is 27.4. The van der Waals surface area contributed by atoms with Crippen molar-refractivity contribution >= 4 is 44.2 Å². The smallest absolute Gasteiger partial charge is 0.262 e. The molecular weight excluding hydrogens is 540 g/mol. The van der Waals surface area contributed by atoms with E-state index in [9.17, 15) is 18.0 Å². The first-order chi connectivity index (χ1) is 18.8. The molecule has 2 heterocycles. The fourth-order valence-corrected chi connectivity index (χ4v) is 6.23. The summed E-state index contributed by atoms with van der Waals surface area (Å²) in [5.41, 5.74) is 0.908. The fraction of sp³-hybridized carbons (Fsp3) is 0.241. The fourth-order valence-electron chi connectivity index (χ4n) is 4.54. The predicted octanol–water partition coefficient (Wildman–Crippen LogP) is 5.70. The molecule has 1 aromatic heterocycles. The van der Waals surface area contributed by atoms with Crippen molar-refractivity contribution in [3.63, 3.8) is 0 Å². The molecular formula is C29H27ClN2O6S. The molecule has 202 valence electrons. The lowest BCUT2D eigenvalue weighted by molar-refractivity contribution is -0.118. The maximum atomic E-state index is 13.3. The first-order valence-electron chi connectivity index (χ1n) is 12.7. The lowest BCUT2D eigenvalue weighted by Crippen LogP contribution is -2.31. The van der Waals surface area contributed by atoms with E-state index in [0.717, 1.165) is 25.7 Å². The van der Waals surface area contributed by atoms with Crippen molar-refractivity contribution < 1.29 is 22.4 Å². The van der Waals surface area contributed by atoms with E-state index in [4.69, 9.17) is 20.8 Å². The number of sulfonamides is 1. The number of hydrogen-bond donors (Lipinski definition) is 1. The van der Waals surface area contributed by atoms with Gasteiger partial charge in [0.1, 0.15) is 5.58 Å². The number of carbonyl (C=O) groups excluding carboxylic acids is 1. The van der Waals surface area contributed by atoms with Gasteiger partial charge in [0.15, 0.2) is 12.4 Å². The lowest BCUT2D eigenvalue weighted by Gasteiger charge is -2.20. The summed E-state index contributed by atoms with van der Waals surface area (Å²) in [4.78, 5) is 26.2. The summed E-state index contributed by atoms with van der Waals surface area (Å²) in [5.74, 6) is -0.431. The Morgan fingerprint density at radius 2 is 1.64 bits per heavy atom. The van der Waals surface area contributed by atoms with Crippen LogP contribution in [0, 0.1) is 0 Å². The van der Waals surface area contributed by atoms with Crippen LogP contribution in [0.4, 0.5) is 5.69 Å². The van der Waals surface area contributed by atoms with Gasteiger partial charge < -0.3 is 14.5 Å². The molecule has 1 N–H and O–H groups in total. The van der Waals surface area contributed by atoms with Crippen LogP contribution in [0.2, 0.25) is 5.02 Å². The summed E-state index contributed by atoms with van der Waals surface area (Å²) >= 11 is 6.08. The summed E-state index contributed by atoms with van der Waals surface area (Å²) in [6, 6.07) is 19.7. The van der Waals surface area contributed by atoms with Crippen molar-refractivity contribution in [2.24, 2.45) is 0 Å². The number of nitrogens with zero attached hydrogens (tertiary/aromatic N) is 1. The number of fused-ring (bicyclic) bond motifs is 1. The van der Waals surface area contributed by atoms with Gasteiger partial charge in [-0.3, -0.25) is 9.59 Å². The van der Waals surface area contributed by atoms with Gasteiger partial charge in [-0.2, -0.15) is 4.31 Å². The van der Waals surface area contributed by atoms with Gasteiger partial charge in [0.2, 0.25) is 21.2 Å². The normalized spacial score (nSPS) is 14.6. The van der Waals surface area contributed by atoms with E-state index in [-0.39, 0.29) is 21.8 Å². The quantitative estimate of drug-likeness (QED) is 0.308. The number of nitrogens with one attached hydrogen (secondary N) is 1. The molecule has 0 unspecified atom stereocenters. The minimum absolute atomic E-state index is 0.106. The number of anilines is 1. The van der Waals surface area contributed by atoms with E-state index in [1.165, 1.54) is 34.6 Å². The molecule has 0 aliphatic carbocycles. The molecule has 8 nitrogen and oxygen atoms in total. The monoisotopic (exact) mass is 566 g/mol. The van der Waals surface area contributed by atoms with Gasteiger partial charge in [-0.1, -0.05) is 54.8 Å². The van der Waals surface area contributed by atoms with Gasteiger partial charge in [0, 0.05) is 29.4 Å². The van der Waals surface area contributed by atoms with Crippen LogP contribution in [0.25, 0.3) is 22.3 Å². The summed E-state index contributed by atoms with van der Waals surface area (Å²) in [6.45, 7) is 0.556. The van der Waals surface area contributed by atoms with Crippen molar-refractivity contribution in [1.82, 2.24) is 4.31 Å². The molecule has 0 spiro atoms. The van der Waals surface area contributed by atoms with Crippen LogP contribution in [0.15, 0.2) is 86.9 Å². The Hall–Kier alpha value is -3.66. The second kappa shape index (κ2) is 11.6. The predicted molar refractivity (Wildman–Crippen MR) is 151 cm³/mol. The molecule has 1 aliphatic heterocycles. The van der Waals surface area contributed by atoms with Gasteiger partial charge in [-0.05, 0) is 55.3 Å². The second-order valence-corrected chi connectivity index (χ2v) is 11.6. The van der Waals surface area contributed by atoms with Crippen LogP contribution < -0.4 is 15.5 Å². The van der Waals surface area contributed by atoms with E-state index >= 15 is 0 Å². The third kappa shape index (κ3) is 6.00. The molecule has 1 saturated heterocycles. The minimum Gasteiger partial charge on any atom is -0.476 e. The molecule has 5 rings (SSSR count). The molecule has 1 aliphatic rings. The zero-order valence-electron chi connectivity index (χ0n) is 21.1. The van der Waals surface area contributed by atoms with Crippen molar-refractivity contribution in [3.8, 4) is 17.1 Å². The van der Waals surface area contributed by atoms with E-state index in [1.54, 1.807) is 36.4 Å². The SMILES string of the molecule is O=C(COc1c(-c2ccccc2)oc2ccc(Cl)cc2c1=O)Nc1ccc(S(=O)(=O)N2CCCCCC2)cc1. The molecule has 0 atom stereocenters. The third-order valence-electron chi connectivity index (χ3n) is 6.54. The molecule has 39 heavy (non-hydrogen) atoms. The number of ether oxygens (including phenoxy) is 1. The van der Waals surface area contributed by atoms with Crippen LogP contribution in [-0.4, -0.2) is 38.3 Å². The molecule has 10 heteroatoms. The largest absolute Gasteiger partial charge is 0.476 e. The first kappa shape index (κ1) is 26.9. The Bertz CT molecular complexity index is 1650. The third-order valence-corrected chi connectivity index (χ3v) is 8.68. The molecule has 1 fully saturated rings. The Balaban J connectivity index is 1.33. The highest BCUT2D eigenvalue weighted by Gasteiger charge is 2.25. The average molecular weight is 567 g/mol. The van der Waals surface area contributed by atoms with Gasteiger partial charge in [0.05, 0.1) is 10.3 Å². The lowest BCUT2D eigenvalue weighted by atomic mass is 10.1. The molecule has 1 amide bonds. The van der Waals surface area contributed by atoms with Crippen LogP contribution in [0.5, 0.6) is 5.75 Å². The Morgan fingerprint density at radius 1 is 0.949 bits per heavy atom. The van der Waals surface area contributed by atoms with Crippen LogP contribution in [0.3, 0.4) is 0 Å². The molecule has 3 aromatic carbocycles. The van der Waals surface area contributed by atoms with Gasteiger partial charge in [-0.15, -0.1) is 0 Å². The number of carbonyl (C=O) groups is 1. The Kier molecular flexibility index (Phi) is 8.02. The number of amides is 1. The van der Waals surface area contributed by atoms with Crippen LogP contribution >= 0.6 is 11.6 Å². The number of rotatable bonds is 7. The number of benzene rings is 3. The van der Waals surface area contributed by atoms with E-state index in [2.05, 4.69) is 5.32 Å². The molecule has 0 bridgehead atoms. The topological polar surface area (TPSA) is 106 Å². The molecule has 4 aromatic rings. The summed E-state index contributed by atoms with van der Waals surface area (Å²) in [7, 11) is -3.59. The van der Waals surface area contributed by atoms with Gasteiger partial charge in [-0.25, -0.2) is 8.42 Å². The molecule has 0 radical (unpaired) electrons. The van der Waals surface area contributed by atoms with Gasteiger partial charge >= 0.3 is 0 Å². The zero-order valence-corrected chi connectivity index (χ0v) is 22.6. The standard InChI is InChI=1S/C29H27ClN2O6S/c30-21-10-15-25-24(18-21)27(34)29(28(38-25)20-8-4-3-5-9-20)37-19-26(33)31-22-11-13-23(14-12-22)39(35,36)32-16-6-1-2-7-17-32/h3-5,8-15,18H,1-2,6-7,16-17,19H2,(H,31,33). The number of hydrogen-bond acceptors (Lipinski definition) is 6. The van der Waals surface area contributed by atoms with E-state index < -0.39 is 28.0 Å². The maximum Gasteiger partial charge on any atom is 0.262 e. The Labute approximate surface area is 231 Å². The van der Waals surface area contributed by atoms with Crippen molar-refractivity contribution in [2.45, 2.75) is 30.6 Å². The highest BCUT2D eigenvalue weighted by atomic mass is 35.5. The summed E-state index contributed by atoms with van der Waals surface area (Å²) < 4.78 is 39.2. The summed E-state index contributed by atoms with van der Waals surface area (Å²) in [6.07, 6.45) is 3.76. The highest BCUT2D eigenvalue weighted by Crippen LogP contribution is 2.31. The first-order valence-corrected chi connectivity index (χ1v) is 14.5. The summed E-state index contributed by atoms with van der Waals surface area (Å²) in [5, 5.41) is 3.28.